The number of carbonyl (C=O) groups excluding carboxylic acids is 2. The summed E-state index contributed by atoms with van der Waals surface area (Å²) in [5, 5.41) is 0. The zero-order valence-corrected chi connectivity index (χ0v) is 18.1. The lowest BCUT2D eigenvalue weighted by Crippen LogP contribution is -2.29. The molecule has 0 aliphatic heterocycles. The predicted octanol–water partition coefficient (Wildman–Crippen LogP) is 5.02. The maximum atomic E-state index is 11.4. The van der Waals surface area contributed by atoms with Crippen molar-refractivity contribution in [2.75, 3.05) is 6.23 Å². The number of rotatable bonds is 6. The molecule has 0 aliphatic rings. The quantitative estimate of drug-likeness (QED) is 0.397. The van der Waals surface area contributed by atoms with Crippen LogP contribution in [0.25, 0.3) is 0 Å². The summed E-state index contributed by atoms with van der Waals surface area (Å²) in [6.45, 7) is 20.5. The molecule has 1 aromatic carbocycles. The van der Waals surface area contributed by atoms with Crippen LogP contribution in [0.2, 0.25) is 19.6 Å². The Morgan fingerprint density at radius 3 is 1.81 bits per heavy atom. The van der Waals surface area contributed by atoms with Gasteiger partial charge in [0.1, 0.15) is 5.60 Å². The van der Waals surface area contributed by atoms with Gasteiger partial charge >= 0.3 is 11.9 Å². The fourth-order valence-corrected chi connectivity index (χ4v) is 2.19. The first kappa shape index (κ1) is 23.9. The average molecular weight is 377 g/mol. The second-order valence-corrected chi connectivity index (χ2v) is 13.4. The first-order valence-electron chi connectivity index (χ1n) is 8.53. The zero-order chi connectivity index (χ0) is 20.5. The van der Waals surface area contributed by atoms with Gasteiger partial charge in [0.15, 0.2) is 0 Å². The lowest BCUT2D eigenvalue weighted by Gasteiger charge is -2.25. The van der Waals surface area contributed by atoms with E-state index in [1.807, 2.05) is 44.2 Å². The minimum atomic E-state index is -1.25. The standard InChI is InChI=1S/C13H16O2.C8H16O2Si/c1-10(2)12(14)15-13(3,4)11-8-6-5-7-9-11;1-7(2)8(9)10-6-11(3,4)5/h5-9H,1H2,2-4H3;1,6H2,2-5H3. The van der Waals surface area contributed by atoms with Crippen molar-refractivity contribution in [2.45, 2.75) is 52.9 Å². The van der Waals surface area contributed by atoms with Gasteiger partial charge in [0.05, 0.1) is 14.3 Å². The van der Waals surface area contributed by atoms with Crippen LogP contribution < -0.4 is 0 Å². The van der Waals surface area contributed by atoms with Gasteiger partial charge < -0.3 is 9.47 Å². The highest BCUT2D eigenvalue weighted by Crippen LogP contribution is 2.25. The van der Waals surface area contributed by atoms with Gasteiger partial charge in [-0.1, -0.05) is 63.1 Å². The third-order valence-corrected chi connectivity index (χ3v) is 4.16. The molecule has 0 aliphatic carbocycles. The average Bonchev–Trinajstić information content (AvgIpc) is 2.52. The molecule has 0 saturated carbocycles. The summed E-state index contributed by atoms with van der Waals surface area (Å²) in [6.07, 6.45) is 0.582. The summed E-state index contributed by atoms with van der Waals surface area (Å²) in [6, 6.07) is 9.65. The summed E-state index contributed by atoms with van der Waals surface area (Å²) in [5.41, 5.74) is 1.25. The molecule has 0 N–H and O–H groups in total. The van der Waals surface area contributed by atoms with E-state index in [1.165, 1.54) is 0 Å². The van der Waals surface area contributed by atoms with Crippen LogP contribution in [0.5, 0.6) is 0 Å². The first-order chi connectivity index (χ1) is 11.8. The Balaban J connectivity index is 0.000000508. The molecule has 4 nitrogen and oxygen atoms in total. The van der Waals surface area contributed by atoms with E-state index < -0.39 is 13.7 Å². The first-order valence-corrected chi connectivity index (χ1v) is 12.2. The van der Waals surface area contributed by atoms with Crippen LogP contribution in [-0.2, 0) is 24.7 Å². The Labute approximate surface area is 158 Å². The largest absolute Gasteiger partial charge is 0.466 e. The minimum absolute atomic E-state index is 0.271. The van der Waals surface area contributed by atoms with Gasteiger partial charge in [-0.15, -0.1) is 0 Å². The van der Waals surface area contributed by atoms with Crippen LogP contribution >= 0.6 is 0 Å². The van der Waals surface area contributed by atoms with Crippen molar-refractivity contribution in [3.63, 3.8) is 0 Å². The lowest BCUT2D eigenvalue weighted by atomic mass is 9.98. The molecule has 0 bridgehead atoms. The predicted molar refractivity (Wildman–Crippen MR) is 109 cm³/mol. The lowest BCUT2D eigenvalue weighted by molar-refractivity contribution is -0.152. The molecular weight excluding hydrogens is 344 g/mol. The maximum Gasteiger partial charge on any atom is 0.333 e. The van der Waals surface area contributed by atoms with Gasteiger partial charge in [-0.3, -0.25) is 0 Å². The Hall–Kier alpha value is -2.14. The molecule has 0 amide bonds. The summed E-state index contributed by atoms with van der Waals surface area (Å²) in [4.78, 5) is 22.3. The molecule has 0 radical (unpaired) electrons. The van der Waals surface area contributed by atoms with Gasteiger partial charge in [0.25, 0.3) is 0 Å². The summed E-state index contributed by atoms with van der Waals surface area (Å²) < 4.78 is 10.3. The molecule has 1 aromatic rings. The number of hydrogen-bond acceptors (Lipinski definition) is 4. The number of carbonyl (C=O) groups is 2. The molecular formula is C21H32O4Si. The van der Waals surface area contributed by atoms with Crippen molar-refractivity contribution in [3.05, 3.63) is 60.2 Å². The molecule has 5 heteroatoms. The third kappa shape index (κ3) is 9.99. The Kier molecular flexibility index (Phi) is 9.28. The van der Waals surface area contributed by atoms with E-state index in [0.29, 0.717) is 17.4 Å². The molecule has 26 heavy (non-hydrogen) atoms. The fraction of sp³-hybridized carbons (Fsp3) is 0.429. The van der Waals surface area contributed by atoms with Crippen LogP contribution in [0.15, 0.2) is 54.6 Å². The highest BCUT2D eigenvalue weighted by atomic mass is 28.3. The van der Waals surface area contributed by atoms with Crippen molar-refractivity contribution >= 4 is 20.0 Å². The Morgan fingerprint density at radius 2 is 1.42 bits per heavy atom. The van der Waals surface area contributed by atoms with Crippen LogP contribution in [0, 0.1) is 0 Å². The highest BCUT2D eigenvalue weighted by Gasteiger charge is 2.25. The van der Waals surface area contributed by atoms with Crippen molar-refractivity contribution in [1.82, 2.24) is 0 Å². The number of benzene rings is 1. The van der Waals surface area contributed by atoms with Crippen LogP contribution in [-0.4, -0.2) is 26.2 Å². The number of ether oxygens (including phenoxy) is 2. The van der Waals surface area contributed by atoms with Gasteiger partial charge in [0.2, 0.25) is 0 Å². The van der Waals surface area contributed by atoms with Crippen LogP contribution in [0.1, 0.15) is 33.3 Å². The molecule has 0 heterocycles. The third-order valence-electron chi connectivity index (χ3n) is 3.15. The molecule has 144 valence electrons. The summed E-state index contributed by atoms with van der Waals surface area (Å²) in [5.74, 6) is -0.628. The molecule has 0 saturated heterocycles. The molecule has 1 rings (SSSR count). The molecule has 0 unspecified atom stereocenters. The number of hydrogen-bond donors (Lipinski definition) is 0. The van der Waals surface area contributed by atoms with E-state index in [-0.39, 0.29) is 11.9 Å². The smallest absolute Gasteiger partial charge is 0.333 e. The molecule has 0 fully saturated rings. The van der Waals surface area contributed by atoms with Crippen molar-refractivity contribution in [2.24, 2.45) is 0 Å². The van der Waals surface area contributed by atoms with E-state index in [1.54, 1.807) is 13.8 Å². The number of esters is 2. The highest BCUT2D eigenvalue weighted by molar-refractivity contribution is 6.76. The second-order valence-electron chi connectivity index (χ2n) is 7.96. The van der Waals surface area contributed by atoms with Gasteiger partial charge in [0, 0.05) is 11.1 Å². The Morgan fingerprint density at radius 1 is 0.962 bits per heavy atom. The Bertz CT molecular complexity index is 640. The van der Waals surface area contributed by atoms with E-state index in [0.717, 1.165) is 5.56 Å². The monoisotopic (exact) mass is 376 g/mol. The van der Waals surface area contributed by atoms with Gasteiger partial charge in [-0.05, 0) is 33.3 Å². The van der Waals surface area contributed by atoms with E-state index in [4.69, 9.17) is 9.47 Å². The SMILES string of the molecule is C=C(C)C(=O)OC(C)(C)c1ccccc1.C=C(C)C(=O)OC[Si](C)(C)C. The fourth-order valence-electron chi connectivity index (χ4n) is 1.62. The maximum absolute atomic E-state index is 11.4. The van der Waals surface area contributed by atoms with Crippen molar-refractivity contribution in [1.29, 1.82) is 0 Å². The van der Waals surface area contributed by atoms with Crippen LogP contribution in [0.4, 0.5) is 0 Å². The van der Waals surface area contributed by atoms with Crippen LogP contribution in [0.3, 0.4) is 0 Å². The van der Waals surface area contributed by atoms with Crippen molar-refractivity contribution in [3.8, 4) is 0 Å². The van der Waals surface area contributed by atoms with E-state index >= 15 is 0 Å². The van der Waals surface area contributed by atoms with E-state index in [9.17, 15) is 9.59 Å². The molecule has 0 aromatic heterocycles. The summed E-state index contributed by atoms with van der Waals surface area (Å²) >= 11 is 0. The van der Waals surface area contributed by atoms with Crippen molar-refractivity contribution < 1.29 is 19.1 Å². The zero-order valence-electron chi connectivity index (χ0n) is 17.1. The van der Waals surface area contributed by atoms with E-state index in [2.05, 4.69) is 32.8 Å². The molecule has 0 atom stereocenters. The summed E-state index contributed by atoms with van der Waals surface area (Å²) in [7, 11) is -1.25. The van der Waals surface area contributed by atoms with Gasteiger partial charge in [-0.2, -0.15) is 0 Å². The normalized spacial score (nSPS) is 10.9. The van der Waals surface area contributed by atoms with Gasteiger partial charge in [-0.25, -0.2) is 9.59 Å². The topological polar surface area (TPSA) is 52.6 Å². The minimum Gasteiger partial charge on any atom is -0.466 e. The molecule has 0 spiro atoms. The second kappa shape index (κ2) is 10.1.